The van der Waals surface area contributed by atoms with Crippen LogP contribution in [0.25, 0.3) is 10.2 Å². The van der Waals surface area contributed by atoms with Gasteiger partial charge in [0.1, 0.15) is 15.5 Å². The maximum atomic E-state index is 12.3. The van der Waals surface area contributed by atoms with E-state index in [2.05, 4.69) is 23.1 Å². The Morgan fingerprint density at radius 3 is 2.50 bits per heavy atom. The highest BCUT2D eigenvalue weighted by Crippen LogP contribution is 2.36. The van der Waals surface area contributed by atoms with Crippen molar-refractivity contribution in [1.82, 2.24) is 9.97 Å². The van der Waals surface area contributed by atoms with Gasteiger partial charge in [-0.15, -0.1) is 24.5 Å². The van der Waals surface area contributed by atoms with E-state index in [1.807, 2.05) is 25.7 Å². The van der Waals surface area contributed by atoms with Crippen LogP contribution in [0, 0.1) is 6.92 Å². The van der Waals surface area contributed by atoms with E-state index < -0.39 is 0 Å². The Morgan fingerprint density at radius 2 is 1.96 bits per heavy atom. The van der Waals surface area contributed by atoms with Crippen LogP contribution in [0.4, 0.5) is 5.82 Å². The van der Waals surface area contributed by atoms with Crippen LogP contribution in [0.3, 0.4) is 0 Å². The molecule has 0 unspecified atom stereocenters. The minimum atomic E-state index is -0.355. The van der Waals surface area contributed by atoms with E-state index in [-0.39, 0.29) is 17.4 Å². The van der Waals surface area contributed by atoms with Crippen LogP contribution in [0.1, 0.15) is 29.1 Å². The van der Waals surface area contributed by atoms with Crippen molar-refractivity contribution < 1.29 is 9.53 Å². The topological polar surface area (TPSA) is 55.3 Å². The van der Waals surface area contributed by atoms with Crippen LogP contribution in [-0.2, 0) is 4.74 Å². The number of aromatic nitrogens is 2. The third-order valence-electron chi connectivity index (χ3n) is 3.27. The van der Waals surface area contributed by atoms with E-state index >= 15 is 0 Å². The molecule has 0 spiro atoms. The molecule has 2 rings (SSSR count). The Balaban J connectivity index is 2.63. The first-order valence-corrected chi connectivity index (χ1v) is 8.72. The molecule has 0 saturated heterocycles. The predicted octanol–water partition coefficient (Wildman–Crippen LogP) is 4.40. The van der Waals surface area contributed by atoms with Crippen LogP contribution in [0.5, 0.6) is 0 Å². The second kappa shape index (κ2) is 7.77. The molecule has 0 saturated carbocycles. The number of anilines is 1. The van der Waals surface area contributed by atoms with Gasteiger partial charge in [0.25, 0.3) is 0 Å². The molecule has 7 heteroatoms. The first kappa shape index (κ1) is 18.4. The lowest BCUT2D eigenvalue weighted by Gasteiger charge is -2.21. The molecule has 0 aliphatic heterocycles. The third kappa shape index (κ3) is 3.76. The summed E-state index contributed by atoms with van der Waals surface area (Å²) in [6, 6.07) is 0. The highest BCUT2D eigenvalue weighted by Gasteiger charge is 2.23. The van der Waals surface area contributed by atoms with Gasteiger partial charge in [-0.3, -0.25) is 0 Å². The molecule has 5 nitrogen and oxygen atoms in total. The van der Waals surface area contributed by atoms with E-state index in [1.54, 1.807) is 12.2 Å². The van der Waals surface area contributed by atoms with Crippen molar-refractivity contribution in [2.45, 2.75) is 26.9 Å². The summed E-state index contributed by atoms with van der Waals surface area (Å²) in [5, 5.41) is 0.949. The number of hydrogen-bond donors (Lipinski definition) is 0. The number of hydrogen-bond acceptors (Lipinski definition) is 6. The normalized spacial score (nSPS) is 10.9. The molecule has 0 N–H and O–H groups in total. The van der Waals surface area contributed by atoms with Crippen LogP contribution in [0.2, 0.25) is 5.28 Å². The molecule has 128 valence electrons. The number of ether oxygens (including phenoxy) is 1. The SMILES string of the molecule is C=CCN(CC=C)c1nc(Cl)nc2sc(C(=O)OC(C)C)c(C)c12. The fourth-order valence-corrected chi connectivity index (χ4v) is 3.62. The molecule has 0 amide bonds. The molecule has 0 fully saturated rings. The van der Waals surface area contributed by atoms with Gasteiger partial charge >= 0.3 is 5.97 Å². The van der Waals surface area contributed by atoms with Crippen LogP contribution in [-0.4, -0.2) is 35.1 Å². The van der Waals surface area contributed by atoms with Gasteiger partial charge in [-0.2, -0.15) is 4.98 Å². The number of fused-ring (bicyclic) bond motifs is 1. The van der Waals surface area contributed by atoms with E-state index in [4.69, 9.17) is 16.3 Å². The van der Waals surface area contributed by atoms with E-state index in [1.165, 1.54) is 11.3 Å². The molecule has 2 heterocycles. The van der Waals surface area contributed by atoms with Crippen molar-refractivity contribution in [2.75, 3.05) is 18.0 Å². The largest absolute Gasteiger partial charge is 0.459 e. The molecular formula is C17H20ClN3O2S. The zero-order valence-electron chi connectivity index (χ0n) is 14.0. The maximum absolute atomic E-state index is 12.3. The van der Waals surface area contributed by atoms with E-state index in [0.29, 0.717) is 28.6 Å². The average molecular weight is 366 g/mol. The lowest BCUT2D eigenvalue weighted by molar-refractivity contribution is 0.0383. The summed E-state index contributed by atoms with van der Waals surface area (Å²) < 4.78 is 5.32. The number of carbonyl (C=O) groups excluding carboxylic acids is 1. The van der Waals surface area contributed by atoms with Gasteiger partial charge in [0.15, 0.2) is 0 Å². The third-order valence-corrected chi connectivity index (χ3v) is 4.61. The molecule has 0 aliphatic rings. The summed E-state index contributed by atoms with van der Waals surface area (Å²) in [7, 11) is 0. The van der Waals surface area contributed by atoms with E-state index in [9.17, 15) is 4.79 Å². The molecule has 2 aromatic rings. The quantitative estimate of drug-likeness (QED) is 0.413. The number of esters is 1. The lowest BCUT2D eigenvalue weighted by Crippen LogP contribution is -2.24. The maximum Gasteiger partial charge on any atom is 0.348 e. The number of nitrogens with zero attached hydrogens (tertiary/aromatic N) is 3. The Morgan fingerprint density at radius 1 is 1.33 bits per heavy atom. The van der Waals surface area contributed by atoms with Gasteiger partial charge in [-0.25, -0.2) is 9.78 Å². The Kier molecular flexibility index (Phi) is 5.96. The van der Waals surface area contributed by atoms with Gasteiger partial charge in [0.2, 0.25) is 5.28 Å². The Bertz CT molecular complexity index is 776. The molecule has 0 aliphatic carbocycles. The minimum absolute atomic E-state index is 0.139. The predicted molar refractivity (Wildman–Crippen MR) is 100 cm³/mol. The monoisotopic (exact) mass is 365 g/mol. The van der Waals surface area contributed by atoms with Crippen molar-refractivity contribution in [3.8, 4) is 0 Å². The zero-order valence-corrected chi connectivity index (χ0v) is 15.6. The molecule has 0 bridgehead atoms. The van der Waals surface area contributed by atoms with Crippen LogP contribution >= 0.6 is 22.9 Å². The molecule has 0 aromatic carbocycles. The first-order chi connectivity index (χ1) is 11.4. The standard InChI is InChI=1S/C17H20ClN3O2S/c1-6-8-21(9-7-2)14-12-11(5)13(16(22)23-10(3)4)24-15(12)20-17(18)19-14/h6-7,10H,1-2,8-9H2,3-5H3. The van der Waals surface area contributed by atoms with Crippen molar-refractivity contribution in [2.24, 2.45) is 0 Å². The Hall–Kier alpha value is -1.92. The smallest absolute Gasteiger partial charge is 0.348 e. The number of carbonyl (C=O) groups is 1. The molecular weight excluding hydrogens is 346 g/mol. The second-order valence-electron chi connectivity index (χ2n) is 5.49. The second-order valence-corrected chi connectivity index (χ2v) is 6.83. The number of rotatable bonds is 7. The summed E-state index contributed by atoms with van der Waals surface area (Å²) in [4.78, 5) is 24.1. The van der Waals surface area contributed by atoms with Gasteiger partial charge in [0.05, 0.1) is 11.5 Å². The van der Waals surface area contributed by atoms with Gasteiger partial charge < -0.3 is 9.64 Å². The summed E-state index contributed by atoms with van der Waals surface area (Å²) in [5.74, 6) is 0.314. The summed E-state index contributed by atoms with van der Waals surface area (Å²) in [6.07, 6.45) is 3.37. The molecule has 24 heavy (non-hydrogen) atoms. The zero-order chi connectivity index (χ0) is 17.9. The van der Waals surface area contributed by atoms with Gasteiger partial charge in [-0.1, -0.05) is 12.2 Å². The molecule has 0 atom stereocenters. The highest BCUT2D eigenvalue weighted by atomic mass is 35.5. The average Bonchev–Trinajstić information content (AvgIpc) is 2.82. The summed E-state index contributed by atoms with van der Waals surface area (Å²) in [5.41, 5.74) is 0.797. The van der Waals surface area contributed by atoms with Crippen molar-refractivity contribution in [3.05, 3.63) is 41.0 Å². The lowest BCUT2D eigenvalue weighted by atomic mass is 10.2. The summed E-state index contributed by atoms with van der Waals surface area (Å²) >= 11 is 7.35. The fourth-order valence-electron chi connectivity index (χ4n) is 2.34. The van der Waals surface area contributed by atoms with Gasteiger partial charge in [-0.05, 0) is 37.9 Å². The minimum Gasteiger partial charge on any atom is -0.459 e. The van der Waals surface area contributed by atoms with E-state index in [0.717, 1.165) is 10.9 Å². The highest BCUT2D eigenvalue weighted by molar-refractivity contribution is 7.20. The fraction of sp³-hybridized carbons (Fsp3) is 0.353. The number of halogens is 1. The van der Waals surface area contributed by atoms with Crippen LogP contribution < -0.4 is 4.90 Å². The number of thiophene rings is 1. The first-order valence-electron chi connectivity index (χ1n) is 7.53. The van der Waals surface area contributed by atoms with Gasteiger partial charge in [0, 0.05) is 13.1 Å². The summed E-state index contributed by atoms with van der Waals surface area (Å²) in [6.45, 7) is 14.2. The Labute approximate surface area is 150 Å². The van der Waals surface area contributed by atoms with Crippen molar-refractivity contribution in [1.29, 1.82) is 0 Å². The number of aryl methyl sites for hydroxylation is 1. The van der Waals surface area contributed by atoms with Crippen LogP contribution in [0.15, 0.2) is 25.3 Å². The van der Waals surface area contributed by atoms with Crippen molar-refractivity contribution >= 4 is 44.9 Å². The molecule has 2 aromatic heterocycles. The van der Waals surface area contributed by atoms with Crippen molar-refractivity contribution in [3.63, 3.8) is 0 Å². The molecule has 0 radical (unpaired) electrons.